The number of nitrogens with zero attached hydrogens (tertiary/aromatic N) is 3. The second-order valence-corrected chi connectivity index (χ2v) is 6.72. The molecule has 9 heteroatoms. The molecule has 0 bridgehead atoms. The summed E-state index contributed by atoms with van der Waals surface area (Å²) in [5, 5.41) is 17.6. The first-order valence-corrected chi connectivity index (χ1v) is 9.89. The van der Waals surface area contributed by atoms with E-state index in [1.54, 1.807) is 0 Å². The summed E-state index contributed by atoms with van der Waals surface area (Å²) in [5.74, 6) is -0.689. The third kappa shape index (κ3) is 6.81. The Kier molecular flexibility index (Phi) is 10.5. The van der Waals surface area contributed by atoms with Crippen LogP contribution < -0.4 is 16.5 Å². The van der Waals surface area contributed by atoms with Gasteiger partial charge in [0.1, 0.15) is 23.0 Å². The summed E-state index contributed by atoms with van der Waals surface area (Å²) in [4.78, 5) is 6.61. The van der Waals surface area contributed by atoms with Crippen molar-refractivity contribution in [2.24, 2.45) is 15.8 Å². The predicted molar refractivity (Wildman–Crippen MR) is 120 cm³/mol. The van der Waals surface area contributed by atoms with Crippen molar-refractivity contribution in [3.05, 3.63) is 71.4 Å². The van der Waals surface area contributed by atoms with Crippen molar-refractivity contribution < 1.29 is 51.2 Å². The predicted octanol–water partition coefficient (Wildman–Crippen LogP) is 2.11. The molecule has 2 aliphatic rings. The molecule has 1 fully saturated rings. The summed E-state index contributed by atoms with van der Waals surface area (Å²) in [6.07, 6.45) is 11.3. The van der Waals surface area contributed by atoms with E-state index in [0.717, 1.165) is 31.9 Å². The molecule has 31 heavy (non-hydrogen) atoms. The van der Waals surface area contributed by atoms with Crippen molar-refractivity contribution in [1.29, 1.82) is 0 Å². The molecule has 2 heterocycles. The maximum atomic E-state index is 14.1. The summed E-state index contributed by atoms with van der Waals surface area (Å²) in [5.41, 5.74) is 11.2. The zero-order valence-corrected chi connectivity index (χ0v) is 20.6. The standard InChI is InChI=1S/C22H27FN6O.Ce/c1-2-5-16(29-12-10-25-11-13-29)6-3-8-19-22(26-15-24)20(28-27-19)14-17-18(23)7-4-9-21(17)30;/h2-9,14,25,28,30H,10-13,15,24H2,1H3;/b5-2-,8-3+,16-6+,20-14+,26-22-;. The van der Waals surface area contributed by atoms with Crippen molar-refractivity contribution in [3.8, 4) is 5.75 Å². The average Bonchev–Trinajstić information content (AvgIpc) is 3.12. The molecule has 1 saturated heterocycles. The molecule has 0 amide bonds. The van der Waals surface area contributed by atoms with Gasteiger partial charge < -0.3 is 21.1 Å². The van der Waals surface area contributed by atoms with Crippen LogP contribution >= 0.6 is 0 Å². The second-order valence-electron chi connectivity index (χ2n) is 6.72. The number of halogens is 1. The zero-order valence-electron chi connectivity index (χ0n) is 17.5. The number of piperazine rings is 1. The van der Waals surface area contributed by atoms with E-state index in [4.69, 9.17) is 5.73 Å². The van der Waals surface area contributed by atoms with E-state index in [9.17, 15) is 9.50 Å². The number of hydrogen-bond acceptors (Lipinski definition) is 7. The van der Waals surface area contributed by atoms with Gasteiger partial charge in [-0.3, -0.25) is 10.4 Å². The quantitative estimate of drug-likeness (QED) is 0.407. The largest absolute Gasteiger partial charge is 0.507 e. The molecule has 0 aromatic heterocycles. The first kappa shape index (κ1) is 25.4. The average molecular weight is 551 g/mol. The summed E-state index contributed by atoms with van der Waals surface area (Å²) in [6, 6.07) is 4.16. The molecule has 0 atom stereocenters. The maximum absolute atomic E-state index is 14.1. The molecular weight excluding hydrogens is 523 g/mol. The van der Waals surface area contributed by atoms with Gasteiger partial charge in [-0.1, -0.05) is 18.2 Å². The van der Waals surface area contributed by atoms with Crippen LogP contribution in [0.25, 0.3) is 6.08 Å². The first-order chi connectivity index (χ1) is 14.6. The number of hydrogen-bond donors (Lipinski definition) is 4. The Balaban J connectivity index is 0.00000341. The van der Waals surface area contributed by atoms with Gasteiger partial charge in [-0.2, -0.15) is 5.10 Å². The molecular formula is C22H27CeFN6O. The van der Waals surface area contributed by atoms with Gasteiger partial charge in [-0.05, 0) is 43.4 Å². The van der Waals surface area contributed by atoms with Gasteiger partial charge in [0.05, 0.1) is 17.9 Å². The molecule has 0 saturated carbocycles. The Bertz CT molecular complexity index is 925. The Morgan fingerprint density at radius 3 is 2.81 bits per heavy atom. The number of aliphatic imine (C=N–C) groups is 1. The second kappa shape index (κ2) is 12.9. The fraction of sp³-hybridized carbons (Fsp3) is 0.273. The van der Waals surface area contributed by atoms with Crippen LogP contribution in [0.4, 0.5) is 4.39 Å². The molecule has 5 N–H and O–H groups in total. The minimum absolute atomic E-state index is 0. The number of benzene rings is 1. The molecule has 0 unspecified atom stereocenters. The Hall–Kier alpha value is -1.85. The van der Waals surface area contributed by atoms with Crippen molar-refractivity contribution in [2.75, 3.05) is 32.8 Å². The van der Waals surface area contributed by atoms with Crippen molar-refractivity contribution in [3.63, 3.8) is 0 Å². The van der Waals surface area contributed by atoms with E-state index in [2.05, 4.69) is 31.8 Å². The SMILES string of the molecule is C\C=C/C(=C\C=C\C1=NNC(=C/c2c(O)cccc2F)/C1=N\CN)N1CCNCC1.[Ce]. The number of nitrogens with one attached hydrogen (secondary N) is 2. The number of allylic oxidation sites excluding steroid dienone is 6. The van der Waals surface area contributed by atoms with Crippen molar-refractivity contribution in [1.82, 2.24) is 15.6 Å². The van der Waals surface area contributed by atoms with E-state index in [1.807, 2.05) is 31.2 Å². The summed E-state index contributed by atoms with van der Waals surface area (Å²) in [7, 11) is 0. The van der Waals surface area contributed by atoms with Crippen molar-refractivity contribution in [2.45, 2.75) is 6.92 Å². The number of nitrogens with two attached hydrogens (primary N) is 1. The summed E-state index contributed by atoms with van der Waals surface area (Å²) >= 11 is 0. The van der Waals surface area contributed by atoms with Crippen LogP contribution in [0.2, 0.25) is 0 Å². The smallest absolute Gasteiger partial charge is 0.134 e. The van der Waals surface area contributed by atoms with Gasteiger partial charge in [-0.15, -0.1) is 0 Å². The van der Waals surface area contributed by atoms with Gasteiger partial charge in [0, 0.05) is 73.6 Å². The monoisotopic (exact) mass is 550 g/mol. The van der Waals surface area contributed by atoms with E-state index >= 15 is 0 Å². The van der Waals surface area contributed by atoms with Crippen LogP contribution in [0.1, 0.15) is 12.5 Å². The van der Waals surface area contributed by atoms with Gasteiger partial charge in [0.25, 0.3) is 0 Å². The Labute approximate surface area is 215 Å². The van der Waals surface area contributed by atoms with Gasteiger partial charge in [0.15, 0.2) is 0 Å². The van der Waals surface area contributed by atoms with Crippen LogP contribution in [0.5, 0.6) is 5.75 Å². The molecule has 0 radical (unpaired) electrons. The third-order valence-electron chi connectivity index (χ3n) is 4.70. The molecule has 3 rings (SSSR count). The van der Waals surface area contributed by atoms with E-state index in [-0.39, 0.29) is 59.7 Å². The van der Waals surface area contributed by atoms with E-state index in [1.165, 1.54) is 24.3 Å². The fourth-order valence-corrected chi connectivity index (χ4v) is 3.25. The van der Waals surface area contributed by atoms with Crippen molar-refractivity contribution >= 4 is 17.5 Å². The molecule has 1 aromatic carbocycles. The summed E-state index contributed by atoms with van der Waals surface area (Å²) < 4.78 is 14.1. The zero-order chi connectivity index (χ0) is 21.3. The maximum Gasteiger partial charge on any atom is 0.134 e. The number of hydrazone groups is 1. The van der Waals surface area contributed by atoms with Crippen LogP contribution in [-0.2, 0) is 0 Å². The van der Waals surface area contributed by atoms with E-state index in [0.29, 0.717) is 17.1 Å². The molecule has 0 spiro atoms. The first-order valence-electron chi connectivity index (χ1n) is 9.89. The normalized spacial score (nSPS) is 19.9. The van der Waals surface area contributed by atoms with Gasteiger partial charge >= 0.3 is 0 Å². The number of rotatable bonds is 6. The van der Waals surface area contributed by atoms with Crippen LogP contribution in [0.15, 0.2) is 70.1 Å². The number of phenolic OH excluding ortho intramolecular Hbond substituents is 1. The Morgan fingerprint density at radius 2 is 2.13 bits per heavy atom. The van der Waals surface area contributed by atoms with Gasteiger partial charge in [0.2, 0.25) is 0 Å². The minimum Gasteiger partial charge on any atom is -0.507 e. The Morgan fingerprint density at radius 1 is 1.35 bits per heavy atom. The minimum atomic E-state index is -0.532. The van der Waals surface area contributed by atoms with Gasteiger partial charge in [-0.25, -0.2) is 4.39 Å². The fourth-order valence-electron chi connectivity index (χ4n) is 3.25. The topological polar surface area (TPSA) is 98.3 Å². The molecule has 2 aliphatic heterocycles. The van der Waals surface area contributed by atoms with Crippen LogP contribution in [0, 0.1) is 47.6 Å². The molecule has 1 aromatic rings. The summed E-state index contributed by atoms with van der Waals surface area (Å²) in [6.45, 7) is 5.87. The van der Waals surface area contributed by atoms with Crippen LogP contribution in [-0.4, -0.2) is 54.3 Å². The van der Waals surface area contributed by atoms with Crippen LogP contribution in [0.3, 0.4) is 0 Å². The number of aromatic hydroxyl groups is 1. The number of phenols is 1. The third-order valence-corrected chi connectivity index (χ3v) is 4.70. The molecule has 162 valence electrons. The molecule has 0 aliphatic carbocycles. The van der Waals surface area contributed by atoms with E-state index < -0.39 is 5.82 Å². The molecule has 7 nitrogen and oxygen atoms in total.